The number of aliphatic hydroxyl groups excluding tert-OH is 1. The third-order valence-electron chi connectivity index (χ3n) is 2.18. The van der Waals surface area contributed by atoms with E-state index in [9.17, 15) is 8.42 Å². The van der Waals surface area contributed by atoms with E-state index < -0.39 is 16.3 Å². The van der Waals surface area contributed by atoms with Gasteiger partial charge in [0.25, 0.3) is 0 Å². The van der Waals surface area contributed by atoms with E-state index in [-0.39, 0.29) is 19.1 Å². The van der Waals surface area contributed by atoms with Crippen molar-refractivity contribution in [3.8, 4) is 0 Å². The van der Waals surface area contributed by atoms with Crippen LogP contribution in [0.2, 0.25) is 0 Å². The lowest BCUT2D eigenvalue weighted by atomic mass is 10.2. The van der Waals surface area contributed by atoms with Crippen molar-refractivity contribution in [2.24, 2.45) is 0 Å². The minimum atomic E-state index is -3.23. The van der Waals surface area contributed by atoms with Crippen molar-refractivity contribution in [1.82, 2.24) is 4.31 Å². The molecule has 0 aliphatic carbocycles. The molecular formula is C9H21NO5S. The molecule has 0 bridgehead atoms. The zero-order valence-electron chi connectivity index (χ0n) is 9.96. The molecule has 0 aliphatic heterocycles. The van der Waals surface area contributed by atoms with Crippen LogP contribution in [0.3, 0.4) is 0 Å². The number of hydrogen-bond acceptors (Lipinski definition) is 5. The van der Waals surface area contributed by atoms with Gasteiger partial charge in [-0.2, -0.15) is 0 Å². The molecule has 0 rings (SSSR count). The van der Waals surface area contributed by atoms with E-state index >= 15 is 0 Å². The Kier molecular flexibility index (Phi) is 7.09. The van der Waals surface area contributed by atoms with E-state index in [4.69, 9.17) is 14.9 Å². The molecular weight excluding hydrogens is 234 g/mol. The number of aliphatic hydroxyl groups is 2. The second kappa shape index (κ2) is 7.18. The van der Waals surface area contributed by atoms with Crippen LogP contribution in [0.1, 0.15) is 19.8 Å². The third kappa shape index (κ3) is 7.13. The maximum absolute atomic E-state index is 11.2. The fourth-order valence-corrected chi connectivity index (χ4v) is 1.66. The summed E-state index contributed by atoms with van der Waals surface area (Å²) in [5.41, 5.74) is 0. The summed E-state index contributed by atoms with van der Waals surface area (Å²) >= 11 is 0. The molecule has 0 saturated carbocycles. The Morgan fingerprint density at radius 3 is 2.25 bits per heavy atom. The van der Waals surface area contributed by atoms with Gasteiger partial charge in [-0.1, -0.05) is 0 Å². The number of sulfonamides is 1. The quantitative estimate of drug-likeness (QED) is 0.564. The molecule has 98 valence electrons. The molecule has 7 heteroatoms. The van der Waals surface area contributed by atoms with E-state index in [1.165, 1.54) is 11.4 Å². The molecule has 0 aromatic rings. The van der Waals surface area contributed by atoms with Crippen LogP contribution in [0.4, 0.5) is 0 Å². The minimum absolute atomic E-state index is 0.169. The van der Waals surface area contributed by atoms with E-state index in [2.05, 4.69) is 0 Å². The number of likely N-dealkylation sites (N-methyl/N-ethyl adjacent to an activating group) is 1. The fourth-order valence-electron chi connectivity index (χ4n) is 1.22. The van der Waals surface area contributed by atoms with Gasteiger partial charge in [0.1, 0.15) is 0 Å². The highest BCUT2D eigenvalue weighted by atomic mass is 32.2. The highest BCUT2D eigenvalue weighted by Gasteiger charge is 2.18. The van der Waals surface area contributed by atoms with E-state index in [0.717, 1.165) is 6.26 Å². The highest BCUT2D eigenvalue weighted by Crippen LogP contribution is 2.08. The first-order valence-corrected chi connectivity index (χ1v) is 7.01. The van der Waals surface area contributed by atoms with Crippen molar-refractivity contribution >= 4 is 10.0 Å². The Labute approximate surface area is 96.9 Å². The number of ether oxygens (including phenoxy) is 1. The number of hydrogen-bond donors (Lipinski definition) is 2. The van der Waals surface area contributed by atoms with Gasteiger partial charge in [-0.15, -0.1) is 0 Å². The maximum Gasteiger partial charge on any atom is 0.211 e. The van der Waals surface area contributed by atoms with Crippen LogP contribution in [0, 0.1) is 0 Å². The van der Waals surface area contributed by atoms with Gasteiger partial charge in [0.05, 0.1) is 12.4 Å². The molecule has 0 fully saturated rings. The summed E-state index contributed by atoms with van der Waals surface area (Å²) in [4.78, 5) is 0. The molecule has 0 heterocycles. The maximum atomic E-state index is 11.2. The molecule has 0 aliphatic rings. The van der Waals surface area contributed by atoms with Gasteiger partial charge in [-0.3, -0.25) is 0 Å². The van der Waals surface area contributed by atoms with Crippen molar-refractivity contribution in [1.29, 1.82) is 0 Å². The largest absolute Gasteiger partial charge is 0.377 e. The van der Waals surface area contributed by atoms with Crippen LogP contribution in [-0.2, 0) is 14.8 Å². The Balaban J connectivity index is 4.22. The Bertz CT molecular complexity index is 278. The summed E-state index contributed by atoms with van der Waals surface area (Å²) in [5, 5.41) is 17.5. The van der Waals surface area contributed by atoms with Gasteiger partial charge in [-0.25, -0.2) is 12.7 Å². The van der Waals surface area contributed by atoms with Crippen LogP contribution in [0.5, 0.6) is 0 Å². The first kappa shape index (κ1) is 15.8. The van der Waals surface area contributed by atoms with E-state index in [1.54, 1.807) is 0 Å². The van der Waals surface area contributed by atoms with Crippen molar-refractivity contribution in [3.63, 3.8) is 0 Å². The van der Waals surface area contributed by atoms with Crippen LogP contribution in [0.25, 0.3) is 0 Å². The highest BCUT2D eigenvalue weighted by molar-refractivity contribution is 7.88. The van der Waals surface area contributed by atoms with Crippen LogP contribution >= 0.6 is 0 Å². The average molecular weight is 255 g/mol. The molecule has 0 unspecified atom stereocenters. The summed E-state index contributed by atoms with van der Waals surface area (Å²) in [7, 11) is -1.76. The van der Waals surface area contributed by atoms with Gasteiger partial charge in [-0.05, 0) is 13.3 Å². The van der Waals surface area contributed by atoms with E-state index in [0.29, 0.717) is 13.0 Å². The van der Waals surface area contributed by atoms with Gasteiger partial charge >= 0.3 is 0 Å². The SMILES string of the molecule is CCO[C@@H](CCC(O)O)CN(C)S(C)(=O)=O. The Morgan fingerprint density at radius 1 is 1.31 bits per heavy atom. The predicted octanol–water partition coefficient (Wildman–Crippen LogP) is -0.626. The Hall–Kier alpha value is -0.210. The van der Waals surface area contributed by atoms with Crippen LogP contribution in [0.15, 0.2) is 0 Å². The summed E-state index contributed by atoms with van der Waals surface area (Å²) in [6.07, 6.45) is 0.00266. The number of nitrogens with zero attached hydrogens (tertiary/aromatic N) is 1. The van der Waals surface area contributed by atoms with Gasteiger partial charge < -0.3 is 14.9 Å². The molecule has 0 saturated heterocycles. The average Bonchev–Trinajstić information content (AvgIpc) is 2.12. The van der Waals surface area contributed by atoms with Gasteiger partial charge in [0, 0.05) is 26.6 Å². The molecule has 0 aromatic carbocycles. The molecule has 6 nitrogen and oxygen atoms in total. The lowest BCUT2D eigenvalue weighted by molar-refractivity contribution is -0.0587. The van der Waals surface area contributed by atoms with Crippen molar-refractivity contribution in [3.05, 3.63) is 0 Å². The molecule has 2 N–H and O–H groups in total. The molecule has 0 spiro atoms. The second-order valence-corrected chi connectivity index (χ2v) is 5.77. The van der Waals surface area contributed by atoms with E-state index in [1.807, 2.05) is 6.92 Å². The molecule has 1 atom stereocenters. The summed E-state index contributed by atoms with van der Waals surface area (Å²) in [5.74, 6) is 0. The first-order valence-electron chi connectivity index (χ1n) is 5.16. The monoisotopic (exact) mass is 255 g/mol. The normalized spacial score (nSPS) is 14.7. The van der Waals surface area contributed by atoms with Crippen LogP contribution in [-0.4, -0.2) is 61.8 Å². The lowest BCUT2D eigenvalue weighted by Crippen LogP contribution is -2.35. The summed E-state index contributed by atoms with van der Waals surface area (Å²) < 4.78 is 28.9. The summed E-state index contributed by atoms with van der Waals surface area (Å²) in [6, 6.07) is 0. The Morgan fingerprint density at radius 2 is 1.88 bits per heavy atom. The smallest absolute Gasteiger partial charge is 0.211 e. The molecule has 16 heavy (non-hydrogen) atoms. The minimum Gasteiger partial charge on any atom is -0.377 e. The zero-order chi connectivity index (χ0) is 12.8. The standard InChI is InChI=1S/C9H21NO5S/c1-4-15-8(5-6-9(11)12)7-10(2)16(3,13)14/h8-9,11-12H,4-7H2,1-3H3/t8-/m0/s1. The van der Waals surface area contributed by atoms with Crippen molar-refractivity contribution in [2.75, 3.05) is 26.5 Å². The molecule has 0 radical (unpaired) electrons. The summed E-state index contributed by atoms with van der Waals surface area (Å²) in [6.45, 7) is 2.49. The lowest BCUT2D eigenvalue weighted by Gasteiger charge is -2.22. The van der Waals surface area contributed by atoms with Crippen molar-refractivity contribution < 1.29 is 23.4 Å². The topological polar surface area (TPSA) is 87.1 Å². The van der Waals surface area contributed by atoms with Gasteiger partial charge in [0.2, 0.25) is 10.0 Å². The first-order chi connectivity index (χ1) is 7.27. The third-order valence-corrected chi connectivity index (χ3v) is 3.46. The fraction of sp³-hybridized carbons (Fsp3) is 1.00. The molecule has 0 amide bonds. The second-order valence-electron chi connectivity index (χ2n) is 3.68. The van der Waals surface area contributed by atoms with Crippen LogP contribution < -0.4 is 0 Å². The number of rotatable bonds is 8. The van der Waals surface area contributed by atoms with Gasteiger partial charge in [0.15, 0.2) is 6.29 Å². The van der Waals surface area contributed by atoms with Crippen molar-refractivity contribution in [2.45, 2.75) is 32.2 Å². The molecule has 0 aromatic heterocycles. The zero-order valence-corrected chi connectivity index (χ0v) is 10.8. The predicted molar refractivity (Wildman–Crippen MR) is 60.3 cm³/mol.